The molecule has 24 heavy (non-hydrogen) atoms. The Labute approximate surface area is 150 Å². The topological polar surface area (TPSA) is 26.3 Å². The third-order valence-corrected chi connectivity index (χ3v) is 8.82. The van der Waals surface area contributed by atoms with Crippen LogP contribution in [0, 0.1) is 0 Å². The predicted molar refractivity (Wildman–Crippen MR) is 106 cm³/mol. The molecule has 0 amide bonds. The third kappa shape index (κ3) is 6.98. The van der Waals surface area contributed by atoms with Crippen LogP contribution in [0.4, 0.5) is 0 Å². The van der Waals surface area contributed by atoms with Crippen molar-refractivity contribution in [2.45, 2.75) is 19.8 Å². The average Bonchev–Trinajstić information content (AvgIpc) is 2.60. The summed E-state index contributed by atoms with van der Waals surface area (Å²) in [6, 6.07) is 19.4. The second-order valence-corrected chi connectivity index (χ2v) is 11.8. The number of carbonyl (C=O) groups is 1. The number of benzene rings is 2. The number of hydrogen-bond donors (Lipinski definition) is 0. The van der Waals surface area contributed by atoms with Gasteiger partial charge in [-0.15, -0.1) is 0 Å². The first kappa shape index (κ1) is 18.9. The zero-order chi connectivity index (χ0) is 17.3. The molecule has 4 heteroatoms. The summed E-state index contributed by atoms with van der Waals surface area (Å²) in [6.45, 7) is 1.91. The van der Waals surface area contributed by atoms with E-state index in [1.54, 1.807) is 0 Å². The summed E-state index contributed by atoms with van der Waals surface area (Å²) in [5.74, 6) is -0.220. The quantitative estimate of drug-likeness (QED) is 0.486. The monoisotopic (exact) mass is 360 g/mol. The van der Waals surface area contributed by atoms with Crippen molar-refractivity contribution in [2.75, 3.05) is 25.1 Å². The van der Waals surface area contributed by atoms with Crippen LogP contribution in [0.5, 0.6) is 0 Å². The van der Waals surface area contributed by atoms with Crippen molar-refractivity contribution in [2.24, 2.45) is 0 Å². The zero-order valence-corrected chi connectivity index (χ0v) is 15.9. The molecule has 0 bridgehead atoms. The van der Waals surface area contributed by atoms with Gasteiger partial charge in [0, 0.05) is 13.1 Å². The highest BCUT2D eigenvalue weighted by atomic mass is 32.4. The highest BCUT2D eigenvalue weighted by Gasteiger charge is 2.18. The number of aryl methyl sites for hydroxylation is 2. The van der Waals surface area contributed by atoms with Gasteiger partial charge >= 0.3 is 5.97 Å². The van der Waals surface area contributed by atoms with Crippen molar-refractivity contribution in [3.63, 3.8) is 0 Å². The van der Waals surface area contributed by atoms with Gasteiger partial charge in [-0.1, -0.05) is 72.5 Å². The minimum atomic E-state index is -1.55. The molecule has 0 heterocycles. The first-order valence-electron chi connectivity index (χ1n) is 8.36. The number of esters is 1. The largest absolute Gasteiger partial charge is 0.465 e. The summed E-state index contributed by atoms with van der Waals surface area (Å²) in [6.07, 6.45) is 4.91. The van der Waals surface area contributed by atoms with Gasteiger partial charge < -0.3 is 4.74 Å². The van der Waals surface area contributed by atoms with Crippen LogP contribution in [0.15, 0.2) is 60.7 Å². The molecule has 2 aromatic carbocycles. The Kier molecular flexibility index (Phi) is 7.68. The van der Waals surface area contributed by atoms with Gasteiger partial charge in [0.1, 0.15) is 0 Å². The van der Waals surface area contributed by atoms with Crippen LogP contribution in [0.3, 0.4) is 0 Å². The highest BCUT2D eigenvalue weighted by molar-refractivity contribution is 8.14. The van der Waals surface area contributed by atoms with Crippen molar-refractivity contribution in [1.82, 2.24) is 0 Å². The van der Waals surface area contributed by atoms with Crippen LogP contribution in [0.25, 0.3) is 0 Å². The zero-order valence-electron chi connectivity index (χ0n) is 14.2. The summed E-state index contributed by atoms with van der Waals surface area (Å²) in [5.41, 5.74) is 2.66. The van der Waals surface area contributed by atoms with E-state index in [1.165, 1.54) is 18.1 Å². The molecule has 0 unspecified atom stereocenters. The first-order valence-corrected chi connectivity index (χ1v) is 11.7. The Bertz CT molecular complexity index is 623. The summed E-state index contributed by atoms with van der Waals surface area (Å²) in [7, 11) is 0. The summed E-state index contributed by atoms with van der Waals surface area (Å²) >= 11 is 6.07. The summed E-state index contributed by atoms with van der Waals surface area (Å²) < 4.78 is 5.16. The molecule has 0 saturated heterocycles. The van der Waals surface area contributed by atoms with Gasteiger partial charge in [0.15, 0.2) is 0 Å². The lowest BCUT2D eigenvalue weighted by Crippen LogP contribution is -2.11. The lowest BCUT2D eigenvalue weighted by atomic mass is 10.2. The van der Waals surface area contributed by atoms with E-state index in [2.05, 4.69) is 48.5 Å². The molecule has 0 radical (unpaired) electrons. The fourth-order valence-electron chi connectivity index (χ4n) is 2.65. The van der Waals surface area contributed by atoms with Crippen LogP contribution in [0.1, 0.15) is 18.1 Å². The molecule has 0 saturated carbocycles. The normalized spacial score (nSPS) is 11.2. The minimum absolute atomic E-state index is 0.220. The Morgan fingerprint density at radius 1 is 0.875 bits per heavy atom. The number of ether oxygens (including phenoxy) is 1. The lowest BCUT2D eigenvalue weighted by Gasteiger charge is -2.22. The van der Waals surface area contributed by atoms with Gasteiger partial charge in [0.25, 0.3) is 0 Å². The standard InChI is InChI=1S/C20H25O2PS/c1-18(21)22-14-17-23(24,15-12-19-8-4-2-5-9-19)16-13-20-10-6-3-7-11-20/h2-11H,12-17H2,1H3. The Morgan fingerprint density at radius 2 is 1.33 bits per heavy atom. The van der Waals surface area contributed by atoms with E-state index >= 15 is 0 Å². The van der Waals surface area contributed by atoms with Crippen LogP contribution >= 0.6 is 6.04 Å². The third-order valence-electron chi connectivity index (χ3n) is 4.11. The van der Waals surface area contributed by atoms with Crippen molar-refractivity contribution in [1.29, 1.82) is 0 Å². The van der Waals surface area contributed by atoms with Crippen molar-refractivity contribution >= 4 is 23.8 Å². The highest BCUT2D eigenvalue weighted by Crippen LogP contribution is 2.46. The van der Waals surface area contributed by atoms with Crippen molar-refractivity contribution in [3.05, 3.63) is 71.8 Å². The number of carbonyl (C=O) groups excluding carboxylic acids is 1. The summed E-state index contributed by atoms with van der Waals surface area (Å²) in [4.78, 5) is 11.0. The molecule has 0 atom stereocenters. The van der Waals surface area contributed by atoms with Crippen LogP contribution in [0.2, 0.25) is 0 Å². The first-order chi connectivity index (χ1) is 11.6. The molecular weight excluding hydrogens is 335 g/mol. The van der Waals surface area contributed by atoms with E-state index in [0.29, 0.717) is 6.61 Å². The lowest BCUT2D eigenvalue weighted by molar-refractivity contribution is -0.140. The molecule has 2 nitrogen and oxygen atoms in total. The maximum absolute atomic E-state index is 11.0. The smallest absolute Gasteiger partial charge is 0.302 e. The maximum Gasteiger partial charge on any atom is 0.302 e. The maximum atomic E-state index is 11.0. The van der Waals surface area contributed by atoms with E-state index in [4.69, 9.17) is 16.5 Å². The van der Waals surface area contributed by atoms with Crippen LogP contribution in [-0.2, 0) is 34.2 Å². The molecule has 0 aromatic heterocycles. The Balaban J connectivity index is 1.96. The van der Waals surface area contributed by atoms with Crippen LogP contribution in [-0.4, -0.2) is 31.1 Å². The number of hydrogen-bond acceptors (Lipinski definition) is 3. The molecular formula is C20H25O2PS. The molecule has 2 rings (SSSR count). The Morgan fingerprint density at radius 3 is 1.75 bits per heavy atom. The molecule has 128 valence electrons. The minimum Gasteiger partial charge on any atom is -0.465 e. The molecule has 0 aliphatic rings. The SMILES string of the molecule is CC(=O)OCCP(=S)(CCc1ccccc1)CCc1ccccc1. The van der Waals surface area contributed by atoms with Gasteiger partial charge in [0.2, 0.25) is 0 Å². The van der Waals surface area contributed by atoms with Crippen molar-refractivity contribution < 1.29 is 9.53 Å². The second-order valence-electron chi connectivity index (χ2n) is 6.04. The fraction of sp³-hybridized carbons (Fsp3) is 0.350. The van der Waals surface area contributed by atoms with E-state index in [1.807, 2.05) is 12.1 Å². The average molecular weight is 360 g/mol. The molecule has 0 N–H and O–H groups in total. The van der Waals surface area contributed by atoms with E-state index in [0.717, 1.165) is 31.3 Å². The fourth-order valence-corrected chi connectivity index (χ4v) is 5.84. The molecule has 0 spiro atoms. The number of rotatable bonds is 9. The van der Waals surface area contributed by atoms with Gasteiger partial charge in [-0.25, -0.2) is 0 Å². The second kappa shape index (κ2) is 9.76. The van der Waals surface area contributed by atoms with Crippen LogP contribution < -0.4 is 0 Å². The van der Waals surface area contributed by atoms with Crippen molar-refractivity contribution in [3.8, 4) is 0 Å². The van der Waals surface area contributed by atoms with Gasteiger partial charge in [-0.2, -0.15) is 0 Å². The molecule has 0 aliphatic carbocycles. The van der Waals surface area contributed by atoms with Gasteiger partial charge in [0.05, 0.1) is 6.61 Å². The summed E-state index contributed by atoms with van der Waals surface area (Å²) in [5, 5.41) is 0. The van der Waals surface area contributed by atoms with E-state index < -0.39 is 6.04 Å². The molecule has 2 aromatic rings. The van der Waals surface area contributed by atoms with Gasteiger partial charge in [-0.05, 0) is 42.3 Å². The molecule has 0 fully saturated rings. The molecule has 0 aliphatic heterocycles. The van der Waals surface area contributed by atoms with E-state index in [9.17, 15) is 4.79 Å². The Hall–Kier alpha value is -1.44. The van der Waals surface area contributed by atoms with E-state index in [-0.39, 0.29) is 5.97 Å². The van der Waals surface area contributed by atoms with Gasteiger partial charge in [-0.3, -0.25) is 4.79 Å². The predicted octanol–water partition coefficient (Wildman–Crippen LogP) is 4.51.